The topological polar surface area (TPSA) is 60.9 Å². The van der Waals surface area contributed by atoms with Crippen LogP contribution in [-0.4, -0.2) is 42.8 Å². The van der Waals surface area contributed by atoms with Gasteiger partial charge in [-0.05, 0) is 17.7 Å². The third-order valence-electron chi connectivity index (χ3n) is 4.45. The maximum absolute atomic E-state index is 12.5. The fourth-order valence-electron chi connectivity index (χ4n) is 3.04. The highest BCUT2D eigenvalue weighted by atomic mass is 16.3. The van der Waals surface area contributed by atoms with Gasteiger partial charge in [0.2, 0.25) is 0 Å². The van der Waals surface area contributed by atoms with E-state index in [9.17, 15) is 14.7 Å². The Bertz CT molecular complexity index is 839. The van der Waals surface area contributed by atoms with Crippen LogP contribution in [0.1, 0.15) is 17.2 Å². The molecule has 0 saturated carbocycles. The van der Waals surface area contributed by atoms with Gasteiger partial charge in [-0.15, -0.1) is 0 Å². The molecule has 0 spiro atoms. The van der Waals surface area contributed by atoms with Crippen molar-refractivity contribution in [3.05, 3.63) is 71.3 Å². The first kappa shape index (κ1) is 16.8. The van der Waals surface area contributed by atoms with E-state index in [0.717, 1.165) is 11.3 Å². The average Bonchev–Trinajstić information content (AvgIpc) is 2.86. The van der Waals surface area contributed by atoms with E-state index < -0.39 is 17.7 Å². The summed E-state index contributed by atoms with van der Waals surface area (Å²) in [5.74, 6) is -1.42. The van der Waals surface area contributed by atoms with Crippen LogP contribution in [0, 0.1) is 0 Å². The number of amides is 1. The van der Waals surface area contributed by atoms with Crippen molar-refractivity contribution in [1.29, 1.82) is 0 Å². The molecule has 1 amide bonds. The molecule has 1 unspecified atom stereocenters. The van der Waals surface area contributed by atoms with Crippen LogP contribution in [0.4, 0.5) is 5.69 Å². The van der Waals surface area contributed by atoms with E-state index in [0.29, 0.717) is 5.56 Å². The number of hydrogen-bond acceptors (Lipinski definition) is 4. The van der Waals surface area contributed by atoms with Crippen LogP contribution in [0.25, 0.3) is 5.76 Å². The van der Waals surface area contributed by atoms with Crippen molar-refractivity contribution < 1.29 is 14.7 Å². The van der Waals surface area contributed by atoms with E-state index in [-0.39, 0.29) is 11.3 Å². The van der Waals surface area contributed by atoms with E-state index in [2.05, 4.69) is 0 Å². The van der Waals surface area contributed by atoms with Crippen LogP contribution >= 0.6 is 0 Å². The van der Waals surface area contributed by atoms with Crippen LogP contribution in [0.15, 0.2) is 60.2 Å². The molecule has 1 saturated heterocycles. The highest BCUT2D eigenvalue weighted by Gasteiger charge is 2.44. The quantitative estimate of drug-likeness (QED) is 0.532. The second kappa shape index (κ2) is 6.43. The van der Waals surface area contributed by atoms with Crippen molar-refractivity contribution in [1.82, 2.24) is 4.90 Å². The molecular formula is C20H20N2O3. The zero-order chi connectivity index (χ0) is 18.1. The molecule has 1 N–H and O–H groups in total. The molecule has 128 valence electrons. The largest absolute Gasteiger partial charge is 0.507 e. The lowest BCUT2D eigenvalue weighted by atomic mass is 9.95. The molecule has 5 nitrogen and oxygen atoms in total. The monoisotopic (exact) mass is 336 g/mol. The van der Waals surface area contributed by atoms with E-state index in [1.54, 1.807) is 31.3 Å². The lowest BCUT2D eigenvalue weighted by Crippen LogP contribution is -2.24. The Morgan fingerprint density at radius 3 is 2.16 bits per heavy atom. The number of likely N-dealkylation sites (tertiary alicyclic amines) is 1. The summed E-state index contributed by atoms with van der Waals surface area (Å²) in [7, 11) is 5.46. The Hall–Kier alpha value is -3.08. The Kier molecular flexibility index (Phi) is 4.31. The van der Waals surface area contributed by atoms with Gasteiger partial charge >= 0.3 is 0 Å². The predicted molar refractivity (Wildman–Crippen MR) is 97.3 cm³/mol. The predicted octanol–water partition coefficient (Wildman–Crippen LogP) is 2.80. The molecule has 3 rings (SSSR count). The lowest BCUT2D eigenvalue weighted by molar-refractivity contribution is -0.139. The van der Waals surface area contributed by atoms with Crippen LogP contribution in [0.2, 0.25) is 0 Å². The molecule has 0 bridgehead atoms. The molecule has 1 aliphatic rings. The molecule has 1 aliphatic heterocycles. The van der Waals surface area contributed by atoms with Gasteiger partial charge in [0, 0.05) is 32.4 Å². The normalized spacial score (nSPS) is 19.3. The van der Waals surface area contributed by atoms with Gasteiger partial charge < -0.3 is 14.9 Å². The van der Waals surface area contributed by atoms with Crippen LogP contribution in [-0.2, 0) is 9.59 Å². The third-order valence-corrected chi connectivity index (χ3v) is 4.45. The molecule has 0 radical (unpaired) electrons. The number of benzene rings is 2. The summed E-state index contributed by atoms with van der Waals surface area (Å²) >= 11 is 0. The molecule has 2 aromatic carbocycles. The number of rotatable bonds is 3. The second-order valence-corrected chi connectivity index (χ2v) is 6.26. The van der Waals surface area contributed by atoms with E-state index in [4.69, 9.17) is 0 Å². The summed E-state index contributed by atoms with van der Waals surface area (Å²) in [6.45, 7) is 0. The van der Waals surface area contributed by atoms with Crippen molar-refractivity contribution in [2.45, 2.75) is 6.04 Å². The lowest BCUT2D eigenvalue weighted by Gasteiger charge is -2.22. The smallest absolute Gasteiger partial charge is 0.295 e. The number of aliphatic hydroxyl groups is 1. The molecule has 25 heavy (non-hydrogen) atoms. The Morgan fingerprint density at radius 2 is 1.60 bits per heavy atom. The van der Waals surface area contributed by atoms with Gasteiger partial charge in [0.25, 0.3) is 11.7 Å². The number of carbonyl (C=O) groups excluding carboxylic acids is 2. The molecular weight excluding hydrogens is 316 g/mol. The van der Waals surface area contributed by atoms with Crippen LogP contribution in [0.3, 0.4) is 0 Å². The van der Waals surface area contributed by atoms with Crippen LogP contribution in [0.5, 0.6) is 0 Å². The van der Waals surface area contributed by atoms with Gasteiger partial charge in [-0.25, -0.2) is 0 Å². The Balaban J connectivity index is 2.12. The average molecular weight is 336 g/mol. The molecule has 1 fully saturated rings. The standard InChI is InChI=1S/C20H20N2O3/c1-21(2)15-11-9-13(10-12-15)17-16(19(24)20(25)22(17)3)18(23)14-7-5-4-6-8-14/h4-12,17,23H,1-3H3/b18-16-. The fraction of sp³-hybridized carbons (Fsp3) is 0.200. The highest BCUT2D eigenvalue weighted by Crippen LogP contribution is 2.38. The third kappa shape index (κ3) is 2.89. The first-order valence-corrected chi connectivity index (χ1v) is 7.99. The number of hydrogen-bond donors (Lipinski definition) is 1. The van der Waals surface area contributed by atoms with Gasteiger partial charge in [0.05, 0.1) is 11.6 Å². The second-order valence-electron chi connectivity index (χ2n) is 6.26. The first-order chi connectivity index (χ1) is 11.9. The fourth-order valence-corrected chi connectivity index (χ4v) is 3.04. The summed E-state index contributed by atoms with van der Waals surface area (Å²) in [5, 5.41) is 10.7. The minimum atomic E-state index is -0.662. The number of nitrogens with zero attached hydrogens (tertiary/aromatic N) is 2. The summed E-state index contributed by atoms with van der Waals surface area (Å²) in [5.41, 5.74) is 2.44. The van der Waals surface area contributed by atoms with E-state index >= 15 is 0 Å². The van der Waals surface area contributed by atoms with Crippen LogP contribution < -0.4 is 4.90 Å². The molecule has 0 aromatic heterocycles. The maximum Gasteiger partial charge on any atom is 0.295 e. The van der Waals surface area contributed by atoms with Gasteiger partial charge in [-0.3, -0.25) is 9.59 Å². The number of anilines is 1. The molecule has 1 heterocycles. The SMILES string of the molecule is CN(C)c1ccc(C2/C(=C(/O)c3ccccc3)C(=O)C(=O)N2C)cc1. The zero-order valence-electron chi connectivity index (χ0n) is 14.4. The zero-order valence-corrected chi connectivity index (χ0v) is 14.4. The molecule has 1 atom stereocenters. The summed E-state index contributed by atoms with van der Waals surface area (Å²) < 4.78 is 0. The van der Waals surface area contributed by atoms with Gasteiger partial charge in [-0.1, -0.05) is 42.5 Å². The molecule has 0 aliphatic carbocycles. The van der Waals surface area contributed by atoms with Crippen molar-refractivity contribution in [2.24, 2.45) is 0 Å². The van der Waals surface area contributed by atoms with Gasteiger partial charge in [-0.2, -0.15) is 0 Å². The summed E-state index contributed by atoms with van der Waals surface area (Å²) in [6.07, 6.45) is 0. The van der Waals surface area contributed by atoms with Crippen molar-refractivity contribution >= 4 is 23.1 Å². The Labute approximate surface area is 146 Å². The highest BCUT2D eigenvalue weighted by molar-refractivity contribution is 6.46. The number of aliphatic hydroxyl groups excluding tert-OH is 1. The summed E-state index contributed by atoms with van der Waals surface area (Å²) in [4.78, 5) is 28.1. The molecule has 5 heteroatoms. The molecule has 2 aromatic rings. The number of likely N-dealkylation sites (N-methyl/N-ethyl adjacent to an activating group) is 1. The summed E-state index contributed by atoms with van der Waals surface area (Å²) in [6, 6.07) is 15.8. The van der Waals surface area contributed by atoms with Crippen molar-refractivity contribution in [2.75, 3.05) is 26.0 Å². The van der Waals surface area contributed by atoms with Crippen molar-refractivity contribution in [3.63, 3.8) is 0 Å². The van der Waals surface area contributed by atoms with Crippen molar-refractivity contribution in [3.8, 4) is 0 Å². The minimum absolute atomic E-state index is 0.122. The van der Waals surface area contributed by atoms with Gasteiger partial charge in [0.1, 0.15) is 5.76 Å². The number of carbonyl (C=O) groups is 2. The van der Waals surface area contributed by atoms with E-state index in [1.165, 1.54) is 4.90 Å². The minimum Gasteiger partial charge on any atom is -0.507 e. The van der Waals surface area contributed by atoms with Gasteiger partial charge in [0.15, 0.2) is 0 Å². The maximum atomic E-state index is 12.5. The Morgan fingerprint density at radius 1 is 1.00 bits per heavy atom. The number of ketones is 1. The first-order valence-electron chi connectivity index (χ1n) is 7.99. The number of Topliss-reactive ketones (excluding diaryl/α,β-unsaturated/α-hetero) is 1. The van der Waals surface area contributed by atoms with E-state index in [1.807, 2.05) is 49.3 Å².